The van der Waals surface area contributed by atoms with Crippen LogP contribution in [0.2, 0.25) is 0 Å². The fourth-order valence-corrected chi connectivity index (χ4v) is 5.76. The van der Waals surface area contributed by atoms with Crippen molar-refractivity contribution in [1.29, 1.82) is 0 Å². The summed E-state index contributed by atoms with van der Waals surface area (Å²) in [5.41, 5.74) is 0. The average molecular weight is 392 g/mol. The zero-order valence-corrected chi connectivity index (χ0v) is 15.9. The zero-order valence-electron chi connectivity index (χ0n) is 13.4. The number of hydrogen-bond donors (Lipinski definition) is 0. The first-order chi connectivity index (χ1) is 10.2. The molecule has 0 atom stereocenters. The van der Waals surface area contributed by atoms with Gasteiger partial charge < -0.3 is 0 Å². The summed E-state index contributed by atoms with van der Waals surface area (Å²) in [6.45, 7) is 3.14. The Hall–Kier alpha value is 0.563. The Labute approximate surface area is 133 Å². The van der Waals surface area contributed by atoms with Gasteiger partial charge in [0.25, 0.3) is 0 Å². The molecule has 0 rings (SSSR count). The van der Waals surface area contributed by atoms with E-state index in [2.05, 4.69) is 0 Å². The van der Waals surface area contributed by atoms with E-state index in [0.29, 0.717) is 52.9 Å². The molecule has 0 saturated carbocycles. The predicted molar refractivity (Wildman–Crippen MR) is 71.3 cm³/mol. The van der Waals surface area contributed by atoms with E-state index in [4.69, 9.17) is 30.2 Å². The molecule has 0 unspecified atom stereocenters. The molecule has 0 aliphatic heterocycles. The van der Waals surface area contributed by atoms with Gasteiger partial charge in [-0.05, 0) is 0 Å². The molecule has 0 spiro atoms. The van der Waals surface area contributed by atoms with E-state index in [1.807, 2.05) is 0 Å². The number of ether oxygens (including phenoxy) is 4. The third-order valence-electron chi connectivity index (χ3n) is 2.27. The van der Waals surface area contributed by atoms with Crippen molar-refractivity contribution in [3.05, 3.63) is 0 Å². The molecule has 0 N–H and O–H groups in total. The fourth-order valence-electron chi connectivity index (χ4n) is 1.25. The summed E-state index contributed by atoms with van der Waals surface area (Å²) in [6, 6.07) is 0. The molecule has 0 radical (unpaired) electrons. The summed E-state index contributed by atoms with van der Waals surface area (Å²) in [5, 5.41) is 0. The van der Waals surface area contributed by atoms with Crippen LogP contribution < -0.4 is 0 Å². The molecule has 0 aliphatic carbocycles. The molecule has 0 aromatic carbocycles. The van der Waals surface area contributed by atoms with Gasteiger partial charge in [-0.2, -0.15) is 0 Å². The molecule has 8 nitrogen and oxygen atoms in total. The summed E-state index contributed by atoms with van der Waals surface area (Å²) in [4.78, 5) is 0. The van der Waals surface area contributed by atoms with Crippen LogP contribution >= 0.6 is 0 Å². The van der Waals surface area contributed by atoms with Crippen LogP contribution in [0.4, 0.5) is 0 Å². The first-order valence-electron chi connectivity index (χ1n) is 6.76. The maximum absolute atomic E-state index is 5.76. The maximum atomic E-state index is 5.76. The Balaban J connectivity index is 4.52. The van der Waals surface area contributed by atoms with Crippen molar-refractivity contribution in [2.24, 2.45) is 0 Å². The van der Waals surface area contributed by atoms with Gasteiger partial charge in [0, 0.05) is 0 Å². The van der Waals surface area contributed by atoms with Crippen molar-refractivity contribution in [3.63, 3.8) is 0 Å². The van der Waals surface area contributed by atoms with Crippen molar-refractivity contribution in [2.45, 2.75) is 0 Å². The molecule has 0 aromatic heterocycles. The zero-order chi connectivity index (χ0) is 15.8. The molecular weight excluding hydrogens is 363 g/mol. The Morgan fingerprint density at radius 1 is 0.429 bits per heavy atom. The quantitative estimate of drug-likeness (QED) is 0.351. The van der Waals surface area contributed by atoms with Gasteiger partial charge in [0.05, 0.1) is 0 Å². The molecule has 0 aliphatic rings. The third kappa shape index (κ3) is 11.7. The molecular formula is C12H28O8Zr. The van der Waals surface area contributed by atoms with Crippen LogP contribution in [0.1, 0.15) is 0 Å². The van der Waals surface area contributed by atoms with Crippen LogP contribution in [0, 0.1) is 0 Å². The summed E-state index contributed by atoms with van der Waals surface area (Å²) >= 11 is -4.11. The Bertz CT molecular complexity index is 174. The molecule has 0 amide bonds. The van der Waals surface area contributed by atoms with Gasteiger partial charge in [-0.25, -0.2) is 0 Å². The van der Waals surface area contributed by atoms with E-state index in [-0.39, 0.29) is 0 Å². The van der Waals surface area contributed by atoms with Crippen LogP contribution in [-0.4, -0.2) is 81.3 Å². The molecule has 9 heteroatoms. The van der Waals surface area contributed by atoms with Crippen molar-refractivity contribution in [3.8, 4) is 0 Å². The third-order valence-corrected chi connectivity index (χ3v) is 7.75. The SMILES string of the molecule is COCC[O][Zr]([O]CCOC)([O]CCOC)[O]CCOC. The molecule has 0 heterocycles. The minimum atomic E-state index is -4.11. The van der Waals surface area contributed by atoms with Crippen LogP contribution in [0.25, 0.3) is 0 Å². The van der Waals surface area contributed by atoms with E-state index in [9.17, 15) is 0 Å². The van der Waals surface area contributed by atoms with Crippen molar-refractivity contribution < 1.29 is 52.2 Å². The minimum absolute atomic E-state index is 0.347. The number of methoxy groups -OCH3 is 4. The Kier molecular flexibility index (Phi) is 15.9. The van der Waals surface area contributed by atoms with Crippen LogP contribution in [0.15, 0.2) is 0 Å². The average Bonchev–Trinajstić information content (AvgIpc) is 2.48. The predicted octanol–water partition coefficient (Wildman–Crippen LogP) is 0.452. The van der Waals surface area contributed by atoms with E-state index >= 15 is 0 Å². The first-order valence-corrected chi connectivity index (χ1v) is 10.8. The second kappa shape index (κ2) is 15.5. The monoisotopic (exact) mass is 390 g/mol. The van der Waals surface area contributed by atoms with E-state index in [1.54, 1.807) is 28.4 Å². The number of hydrogen-bond acceptors (Lipinski definition) is 8. The molecule has 21 heavy (non-hydrogen) atoms. The summed E-state index contributed by atoms with van der Waals surface area (Å²) in [6.07, 6.45) is 0. The van der Waals surface area contributed by atoms with Crippen molar-refractivity contribution >= 4 is 0 Å². The van der Waals surface area contributed by atoms with Gasteiger partial charge in [-0.3, -0.25) is 0 Å². The Morgan fingerprint density at radius 2 is 0.667 bits per heavy atom. The van der Waals surface area contributed by atoms with Crippen LogP contribution in [0.3, 0.4) is 0 Å². The van der Waals surface area contributed by atoms with Crippen molar-refractivity contribution in [2.75, 3.05) is 81.3 Å². The number of rotatable bonds is 16. The van der Waals surface area contributed by atoms with Gasteiger partial charge in [0.2, 0.25) is 0 Å². The molecule has 0 saturated heterocycles. The van der Waals surface area contributed by atoms with Crippen LogP contribution in [0.5, 0.6) is 0 Å². The fraction of sp³-hybridized carbons (Fsp3) is 1.00. The molecule has 0 aromatic rings. The van der Waals surface area contributed by atoms with Crippen LogP contribution in [-0.2, 0) is 52.2 Å². The summed E-state index contributed by atoms with van der Waals surface area (Å²) < 4.78 is 43.0. The molecule has 128 valence electrons. The van der Waals surface area contributed by atoms with E-state index in [0.717, 1.165) is 0 Å². The summed E-state index contributed by atoms with van der Waals surface area (Å²) in [7, 11) is 6.40. The van der Waals surface area contributed by atoms with Gasteiger partial charge in [-0.15, -0.1) is 0 Å². The second-order valence-electron chi connectivity index (χ2n) is 3.87. The molecule has 0 bridgehead atoms. The van der Waals surface area contributed by atoms with Crippen molar-refractivity contribution in [1.82, 2.24) is 0 Å². The summed E-state index contributed by atoms with van der Waals surface area (Å²) in [5.74, 6) is 0. The van der Waals surface area contributed by atoms with Gasteiger partial charge in [-0.1, -0.05) is 0 Å². The second-order valence-corrected chi connectivity index (χ2v) is 9.16. The van der Waals surface area contributed by atoms with E-state index < -0.39 is 22.0 Å². The molecule has 0 fully saturated rings. The standard InChI is InChI=1S/4C3H7O2.Zr/c4*1-5-3-2-4;/h4*2-3H2,1H3;/q4*-1;+4. The van der Waals surface area contributed by atoms with Gasteiger partial charge in [0.1, 0.15) is 0 Å². The Morgan fingerprint density at radius 3 is 0.857 bits per heavy atom. The topological polar surface area (TPSA) is 73.8 Å². The van der Waals surface area contributed by atoms with Gasteiger partial charge >= 0.3 is 134 Å². The van der Waals surface area contributed by atoms with Gasteiger partial charge in [0.15, 0.2) is 0 Å². The first kappa shape index (κ1) is 21.6. The van der Waals surface area contributed by atoms with E-state index in [1.165, 1.54) is 0 Å². The normalized spacial score (nSPS) is 12.0.